The first-order valence-corrected chi connectivity index (χ1v) is 7.46. The summed E-state index contributed by atoms with van der Waals surface area (Å²) in [6.45, 7) is 3.94. The molecule has 0 aromatic heterocycles. The van der Waals surface area contributed by atoms with Gasteiger partial charge in [0.15, 0.2) is 0 Å². The SMILES string of the molecule is CN(C)C(C)(C)P(O)Oc1ccc2ccccc2c1. The first kappa shape index (κ1) is 14.3. The van der Waals surface area contributed by atoms with Gasteiger partial charge in [-0.05, 0) is 50.8 Å². The van der Waals surface area contributed by atoms with Crippen LogP contribution in [0, 0.1) is 0 Å². The number of hydrogen-bond acceptors (Lipinski definition) is 3. The van der Waals surface area contributed by atoms with E-state index in [0.717, 1.165) is 5.39 Å². The first-order valence-electron chi connectivity index (χ1n) is 6.24. The van der Waals surface area contributed by atoms with E-state index in [2.05, 4.69) is 6.07 Å². The van der Waals surface area contributed by atoms with Gasteiger partial charge in [0.2, 0.25) is 8.38 Å². The summed E-state index contributed by atoms with van der Waals surface area (Å²) in [5, 5.41) is 1.90. The van der Waals surface area contributed by atoms with E-state index in [1.54, 1.807) is 0 Å². The van der Waals surface area contributed by atoms with Crippen molar-refractivity contribution in [3.8, 4) is 5.75 Å². The molecule has 1 unspecified atom stereocenters. The van der Waals surface area contributed by atoms with Gasteiger partial charge in [-0.25, -0.2) is 0 Å². The molecule has 2 aromatic carbocycles. The van der Waals surface area contributed by atoms with Crippen molar-refractivity contribution in [2.24, 2.45) is 0 Å². The van der Waals surface area contributed by atoms with Crippen molar-refractivity contribution in [1.29, 1.82) is 0 Å². The molecule has 0 saturated heterocycles. The smallest absolute Gasteiger partial charge is 0.248 e. The molecule has 0 aliphatic heterocycles. The van der Waals surface area contributed by atoms with Crippen molar-refractivity contribution in [3.05, 3.63) is 42.5 Å². The van der Waals surface area contributed by atoms with Crippen LogP contribution in [-0.4, -0.2) is 29.2 Å². The van der Waals surface area contributed by atoms with Crippen molar-refractivity contribution in [2.75, 3.05) is 14.1 Å². The third-order valence-electron chi connectivity index (χ3n) is 3.48. The van der Waals surface area contributed by atoms with Crippen LogP contribution in [0.25, 0.3) is 10.8 Å². The molecule has 1 atom stereocenters. The topological polar surface area (TPSA) is 32.7 Å². The molecular formula is C15H20NO2P. The van der Waals surface area contributed by atoms with Crippen molar-refractivity contribution >= 4 is 19.1 Å². The third-order valence-corrected chi connectivity index (χ3v) is 5.20. The maximum Gasteiger partial charge on any atom is 0.248 e. The molecule has 0 amide bonds. The first-order chi connectivity index (χ1) is 8.91. The lowest BCUT2D eigenvalue weighted by Gasteiger charge is -2.35. The predicted molar refractivity (Wildman–Crippen MR) is 81.5 cm³/mol. The molecule has 102 valence electrons. The summed E-state index contributed by atoms with van der Waals surface area (Å²) >= 11 is 0. The van der Waals surface area contributed by atoms with E-state index in [1.165, 1.54) is 5.39 Å². The zero-order valence-corrected chi connectivity index (χ0v) is 12.7. The van der Waals surface area contributed by atoms with Crippen LogP contribution in [0.15, 0.2) is 42.5 Å². The van der Waals surface area contributed by atoms with Crippen LogP contribution >= 0.6 is 8.38 Å². The van der Waals surface area contributed by atoms with Gasteiger partial charge in [-0.1, -0.05) is 30.3 Å². The van der Waals surface area contributed by atoms with E-state index >= 15 is 0 Å². The Labute approximate surface area is 115 Å². The molecule has 0 spiro atoms. The lowest BCUT2D eigenvalue weighted by Crippen LogP contribution is -2.37. The Kier molecular flexibility index (Phi) is 4.10. The van der Waals surface area contributed by atoms with Crippen LogP contribution in [-0.2, 0) is 0 Å². The fourth-order valence-electron chi connectivity index (χ4n) is 1.61. The summed E-state index contributed by atoms with van der Waals surface area (Å²) in [6, 6.07) is 14.0. The molecule has 0 aliphatic rings. The van der Waals surface area contributed by atoms with Gasteiger partial charge in [0.1, 0.15) is 5.75 Å². The zero-order chi connectivity index (χ0) is 14.0. The van der Waals surface area contributed by atoms with Gasteiger partial charge >= 0.3 is 0 Å². The van der Waals surface area contributed by atoms with Crippen LogP contribution in [0.3, 0.4) is 0 Å². The van der Waals surface area contributed by atoms with E-state index in [1.807, 2.05) is 69.2 Å². The summed E-state index contributed by atoms with van der Waals surface area (Å²) < 4.78 is 5.73. The molecule has 2 aromatic rings. The summed E-state index contributed by atoms with van der Waals surface area (Å²) in [7, 11) is 2.31. The Morgan fingerprint density at radius 1 is 1.05 bits per heavy atom. The molecule has 0 aliphatic carbocycles. The molecule has 19 heavy (non-hydrogen) atoms. The lowest BCUT2D eigenvalue weighted by atomic mass is 10.1. The number of benzene rings is 2. The highest BCUT2D eigenvalue weighted by molar-refractivity contribution is 7.48. The van der Waals surface area contributed by atoms with E-state index < -0.39 is 8.38 Å². The maximum absolute atomic E-state index is 10.3. The minimum atomic E-state index is -1.57. The molecule has 0 heterocycles. The Morgan fingerprint density at radius 3 is 2.32 bits per heavy atom. The van der Waals surface area contributed by atoms with E-state index in [0.29, 0.717) is 5.75 Å². The second-order valence-electron chi connectivity index (χ2n) is 5.26. The van der Waals surface area contributed by atoms with E-state index in [-0.39, 0.29) is 5.28 Å². The Balaban J connectivity index is 2.22. The Morgan fingerprint density at radius 2 is 1.68 bits per heavy atom. The standard InChI is InChI=1S/C15H20NO2P/c1-15(2,16(3)4)19(17)18-14-10-9-12-7-5-6-8-13(12)11-14/h5-11,17H,1-4H3. The Bertz CT molecular complexity index is 569. The Hall–Kier alpha value is -1.15. The summed E-state index contributed by atoms with van der Waals surface area (Å²) in [5.41, 5.74) is 0. The van der Waals surface area contributed by atoms with Crippen molar-refractivity contribution in [1.82, 2.24) is 4.90 Å². The van der Waals surface area contributed by atoms with Gasteiger partial charge in [-0.2, -0.15) is 0 Å². The monoisotopic (exact) mass is 277 g/mol. The minimum absolute atomic E-state index is 0.388. The molecule has 2 rings (SSSR count). The van der Waals surface area contributed by atoms with Crippen molar-refractivity contribution < 1.29 is 9.42 Å². The molecule has 0 fully saturated rings. The molecule has 0 radical (unpaired) electrons. The van der Waals surface area contributed by atoms with E-state index in [4.69, 9.17) is 4.52 Å². The van der Waals surface area contributed by atoms with Crippen LogP contribution in [0.2, 0.25) is 0 Å². The maximum atomic E-state index is 10.3. The molecule has 0 bridgehead atoms. The summed E-state index contributed by atoms with van der Waals surface area (Å²) in [6.07, 6.45) is 0. The fourth-order valence-corrected chi connectivity index (χ4v) is 2.49. The molecule has 0 saturated carbocycles. The molecule has 3 nitrogen and oxygen atoms in total. The summed E-state index contributed by atoms with van der Waals surface area (Å²) in [5.74, 6) is 0.710. The molecular weight excluding hydrogens is 257 g/mol. The second-order valence-corrected chi connectivity index (χ2v) is 7.08. The molecule has 1 N–H and O–H groups in total. The van der Waals surface area contributed by atoms with Crippen LogP contribution in [0.5, 0.6) is 5.75 Å². The number of fused-ring (bicyclic) bond motifs is 1. The zero-order valence-electron chi connectivity index (χ0n) is 11.8. The largest absolute Gasteiger partial charge is 0.446 e. The van der Waals surface area contributed by atoms with Crippen LogP contribution < -0.4 is 4.52 Å². The molecule has 4 heteroatoms. The fraction of sp³-hybridized carbons (Fsp3) is 0.333. The lowest BCUT2D eigenvalue weighted by molar-refractivity contribution is 0.257. The highest BCUT2D eigenvalue weighted by atomic mass is 31.2. The normalized spacial score (nSPS) is 13.8. The van der Waals surface area contributed by atoms with Crippen LogP contribution in [0.4, 0.5) is 0 Å². The average molecular weight is 277 g/mol. The minimum Gasteiger partial charge on any atom is -0.446 e. The number of rotatable bonds is 4. The quantitative estimate of drug-likeness (QED) is 0.862. The highest BCUT2D eigenvalue weighted by Crippen LogP contribution is 2.48. The average Bonchev–Trinajstić information content (AvgIpc) is 2.38. The third kappa shape index (κ3) is 3.06. The van der Waals surface area contributed by atoms with Gasteiger partial charge in [0.25, 0.3) is 0 Å². The predicted octanol–water partition coefficient (Wildman–Crippen LogP) is 3.82. The van der Waals surface area contributed by atoms with Gasteiger partial charge in [-0.15, -0.1) is 0 Å². The van der Waals surface area contributed by atoms with Crippen molar-refractivity contribution in [3.63, 3.8) is 0 Å². The van der Waals surface area contributed by atoms with Gasteiger partial charge in [0, 0.05) is 0 Å². The van der Waals surface area contributed by atoms with E-state index in [9.17, 15) is 4.89 Å². The van der Waals surface area contributed by atoms with Gasteiger partial charge < -0.3 is 9.42 Å². The second kappa shape index (κ2) is 5.46. The number of hydrogen-bond donors (Lipinski definition) is 1. The summed E-state index contributed by atoms with van der Waals surface area (Å²) in [4.78, 5) is 12.2. The number of nitrogens with zero attached hydrogens (tertiary/aromatic N) is 1. The van der Waals surface area contributed by atoms with Crippen LogP contribution in [0.1, 0.15) is 13.8 Å². The highest BCUT2D eigenvalue weighted by Gasteiger charge is 2.33. The van der Waals surface area contributed by atoms with Gasteiger partial charge in [-0.3, -0.25) is 4.90 Å². The van der Waals surface area contributed by atoms with Crippen molar-refractivity contribution in [2.45, 2.75) is 19.1 Å². The van der Waals surface area contributed by atoms with Gasteiger partial charge in [0.05, 0.1) is 5.28 Å².